The molecule has 74 valence electrons. The highest BCUT2D eigenvalue weighted by Gasteiger charge is 2.28. The first-order valence-electron chi connectivity index (χ1n) is 4.52. The van der Waals surface area contributed by atoms with Crippen LogP contribution >= 0.6 is 0 Å². The Bertz CT molecular complexity index is 328. The first-order chi connectivity index (χ1) is 6.77. The lowest BCUT2D eigenvalue weighted by Gasteiger charge is -2.14. The van der Waals surface area contributed by atoms with E-state index in [4.69, 9.17) is 5.11 Å². The molecule has 1 N–H and O–H groups in total. The predicted octanol–water partition coefficient (Wildman–Crippen LogP) is 0.387. The van der Waals surface area contributed by atoms with Gasteiger partial charge in [-0.05, 0) is 12.5 Å². The summed E-state index contributed by atoms with van der Waals surface area (Å²) in [5.41, 5.74) is 0. The number of nitrogens with zero attached hydrogens (tertiary/aromatic N) is 3. The Kier molecular flexibility index (Phi) is 2.30. The third-order valence-corrected chi connectivity index (χ3v) is 2.37. The Morgan fingerprint density at radius 2 is 2.21 bits per heavy atom. The van der Waals surface area contributed by atoms with Gasteiger partial charge in [0.1, 0.15) is 0 Å². The molecule has 14 heavy (non-hydrogen) atoms. The number of hydrogen-bond acceptors (Lipinski definition) is 4. The number of hydrogen-bond donors (Lipinski definition) is 1. The monoisotopic (exact) mass is 193 g/mol. The molecule has 1 aromatic heterocycles. The molecule has 0 aliphatic carbocycles. The lowest BCUT2D eigenvalue weighted by Crippen LogP contribution is -2.24. The molecule has 1 saturated heterocycles. The third kappa shape index (κ3) is 1.66. The summed E-state index contributed by atoms with van der Waals surface area (Å²) in [5.74, 6) is -0.390. The number of aromatic nitrogens is 2. The molecule has 0 spiro atoms. The van der Waals surface area contributed by atoms with E-state index in [0.717, 1.165) is 6.54 Å². The Morgan fingerprint density at radius 3 is 2.79 bits per heavy atom. The number of carboxylic acid groups (broad SMARTS) is 1. The summed E-state index contributed by atoms with van der Waals surface area (Å²) in [4.78, 5) is 20.8. The minimum absolute atomic E-state index is 0.279. The number of rotatable bonds is 2. The minimum Gasteiger partial charge on any atom is -0.481 e. The molecule has 5 nitrogen and oxygen atoms in total. The molecule has 0 aromatic carbocycles. The second kappa shape index (κ2) is 3.61. The van der Waals surface area contributed by atoms with Gasteiger partial charge in [-0.25, -0.2) is 9.97 Å². The van der Waals surface area contributed by atoms with Gasteiger partial charge in [-0.1, -0.05) is 0 Å². The van der Waals surface area contributed by atoms with Crippen molar-refractivity contribution in [2.24, 2.45) is 5.92 Å². The summed E-state index contributed by atoms with van der Waals surface area (Å²) in [7, 11) is 0. The zero-order valence-corrected chi connectivity index (χ0v) is 7.63. The van der Waals surface area contributed by atoms with Gasteiger partial charge in [0, 0.05) is 25.5 Å². The van der Waals surface area contributed by atoms with Crippen LogP contribution in [0.15, 0.2) is 18.5 Å². The predicted molar refractivity (Wildman–Crippen MR) is 50.0 cm³/mol. The molecule has 0 amide bonds. The van der Waals surface area contributed by atoms with Gasteiger partial charge in [0.05, 0.1) is 5.92 Å². The van der Waals surface area contributed by atoms with E-state index in [9.17, 15) is 4.79 Å². The number of carbonyl (C=O) groups is 1. The second-order valence-electron chi connectivity index (χ2n) is 3.32. The summed E-state index contributed by atoms with van der Waals surface area (Å²) in [6.07, 6.45) is 4.00. The highest BCUT2D eigenvalue weighted by molar-refractivity contribution is 5.71. The molecule has 0 bridgehead atoms. The van der Waals surface area contributed by atoms with Crippen molar-refractivity contribution in [1.29, 1.82) is 0 Å². The fourth-order valence-corrected chi connectivity index (χ4v) is 1.60. The lowest BCUT2D eigenvalue weighted by atomic mass is 10.1. The van der Waals surface area contributed by atoms with Crippen molar-refractivity contribution < 1.29 is 9.90 Å². The van der Waals surface area contributed by atoms with Crippen LogP contribution in [0.4, 0.5) is 5.95 Å². The van der Waals surface area contributed by atoms with Crippen molar-refractivity contribution in [3.8, 4) is 0 Å². The number of aliphatic carboxylic acids is 1. The van der Waals surface area contributed by atoms with Crippen molar-refractivity contribution in [3.63, 3.8) is 0 Å². The topological polar surface area (TPSA) is 66.3 Å². The fourth-order valence-electron chi connectivity index (χ4n) is 1.60. The van der Waals surface area contributed by atoms with Gasteiger partial charge < -0.3 is 10.0 Å². The van der Waals surface area contributed by atoms with Crippen LogP contribution in [0.1, 0.15) is 6.42 Å². The quantitative estimate of drug-likeness (QED) is 0.735. The molecular weight excluding hydrogens is 182 g/mol. The molecule has 1 atom stereocenters. The average Bonchev–Trinajstić information content (AvgIpc) is 2.68. The fraction of sp³-hybridized carbons (Fsp3) is 0.444. The Hall–Kier alpha value is -1.65. The summed E-state index contributed by atoms with van der Waals surface area (Å²) in [6, 6.07) is 1.74. The lowest BCUT2D eigenvalue weighted by molar-refractivity contribution is -0.140. The van der Waals surface area contributed by atoms with E-state index in [2.05, 4.69) is 9.97 Å². The Labute approximate surface area is 81.4 Å². The maximum atomic E-state index is 10.7. The zero-order valence-electron chi connectivity index (χ0n) is 7.63. The van der Waals surface area contributed by atoms with Crippen LogP contribution in [0.5, 0.6) is 0 Å². The maximum absolute atomic E-state index is 10.7. The van der Waals surface area contributed by atoms with Gasteiger partial charge in [0.25, 0.3) is 0 Å². The largest absolute Gasteiger partial charge is 0.481 e. The highest BCUT2D eigenvalue weighted by atomic mass is 16.4. The first-order valence-corrected chi connectivity index (χ1v) is 4.52. The van der Waals surface area contributed by atoms with Gasteiger partial charge in [-0.3, -0.25) is 4.79 Å². The molecule has 5 heteroatoms. The van der Waals surface area contributed by atoms with Crippen LogP contribution in [0, 0.1) is 5.92 Å². The van der Waals surface area contributed by atoms with Crippen LogP contribution in [0.2, 0.25) is 0 Å². The highest BCUT2D eigenvalue weighted by Crippen LogP contribution is 2.19. The standard InChI is InChI=1S/C9H11N3O2/c13-8(14)7-2-5-12(6-7)9-10-3-1-4-11-9/h1,3-4,7H,2,5-6H2,(H,13,14). The summed E-state index contributed by atoms with van der Waals surface area (Å²) >= 11 is 0. The van der Waals surface area contributed by atoms with E-state index in [-0.39, 0.29) is 5.92 Å². The van der Waals surface area contributed by atoms with Gasteiger partial charge in [0.2, 0.25) is 5.95 Å². The van der Waals surface area contributed by atoms with E-state index < -0.39 is 5.97 Å². The van der Waals surface area contributed by atoms with Crippen LogP contribution < -0.4 is 4.90 Å². The molecule has 0 radical (unpaired) electrons. The van der Waals surface area contributed by atoms with Crippen LogP contribution in [0.3, 0.4) is 0 Å². The minimum atomic E-state index is -0.733. The molecule has 2 rings (SSSR count). The third-order valence-electron chi connectivity index (χ3n) is 2.37. The van der Waals surface area contributed by atoms with E-state index >= 15 is 0 Å². The summed E-state index contributed by atoms with van der Waals surface area (Å²) in [6.45, 7) is 1.24. The van der Waals surface area contributed by atoms with E-state index in [1.165, 1.54) is 0 Å². The van der Waals surface area contributed by atoms with Crippen molar-refractivity contribution in [1.82, 2.24) is 9.97 Å². The van der Waals surface area contributed by atoms with Gasteiger partial charge in [-0.15, -0.1) is 0 Å². The maximum Gasteiger partial charge on any atom is 0.308 e. The van der Waals surface area contributed by atoms with Gasteiger partial charge in [-0.2, -0.15) is 0 Å². The smallest absolute Gasteiger partial charge is 0.308 e. The van der Waals surface area contributed by atoms with Crippen LogP contribution in [-0.2, 0) is 4.79 Å². The van der Waals surface area contributed by atoms with Crippen molar-refractivity contribution in [2.75, 3.05) is 18.0 Å². The number of anilines is 1. The second-order valence-corrected chi connectivity index (χ2v) is 3.32. The molecule has 1 fully saturated rings. The van der Waals surface area contributed by atoms with E-state index in [0.29, 0.717) is 18.9 Å². The number of carboxylic acids is 1. The normalized spacial score (nSPS) is 21.1. The van der Waals surface area contributed by atoms with Crippen LogP contribution in [0.25, 0.3) is 0 Å². The van der Waals surface area contributed by atoms with Crippen molar-refractivity contribution >= 4 is 11.9 Å². The zero-order chi connectivity index (χ0) is 9.97. The van der Waals surface area contributed by atoms with Gasteiger partial charge in [0.15, 0.2) is 0 Å². The molecular formula is C9H11N3O2. The Morgan fingerprint density at radius 1 is 1.50 bits per heavy atom. The molecule has 1 aliphatic heterocycles. The summed E-state index contributed by atoms with van der Waals surface area (Å²) < 4.78 is 0. The molecule has 1 aliphatic rings. The van der Waals surface area contributed by atoms with Crippen molar-refractivity contribution in [2.45, 2.75) is 6.42 Å². The van der Waals surface area contributed by atoms with E-state index in [1.807, 2.05) is 4.90 Å². The first kappa shape index (κ1) is 8.93. The molecule has 2 heterocycles. The average molecular weight is 193 g/mol. The molecule has 0 saturated carbocycles. The molecule has 1 unspecified atom stereocenters. The molecule has 1 aromatic rings. The SMILES string of the molecule is O=C(O)C1CCN(c2ncccn2)C1. The Balaban J connectivity index is 2.06. The van der Waals surface area contributed by atoms with Crippen molar-refractivity contribution in [3.05, 3.63) is 18.5 Å². The van der Waals surface area contributed by atoms with E-state index in [1.54, 1.807) is 18.5 Å². The van der Waals surface area contributed by atoms with Crippen LogP contribution in [-0.4, -0.2) is 34.1 Å². The van der Waals surface area contributed by atoms with Gasteiger partial charge >= 0.3 is 5.97 Å². The summed E-state index contributed by atoms with van der Waals surface area (Å²) in [5, 5.41) is 8.81.